The van der Waals surface area contributed by atoms with Gasteiger partial charge in [-0.1, -0.05) is 26.7 Å². The number of likely N-dealkylation sites (N-methyl/N-ethyl adjacent to an activating group) is 1. The number of hydrogen-bond acceptors (Lipinski definition) is 3. The lowest BCUT2D eigenvalue weighted by atomic mass is 9.78. The van der Waals surface area contributed by atoms with Crippen LogP contribution in [-0.4, -0.2) is 43.8 Å². The van der Waals surface area contributed by atoms with E-state index in [1.807, 2.05) is 0 Å². The van der Waals surface area contributed by atoms with Crippen LogP contribution in [0.5, 0.6) is 0 Å². The lowest BCUT2D eigenvalue weighted by Gasteiger charge is -2.42. The molecule has 0 aromatic heterocycles. The Kier molecular flexibility index (Phi) is 7.20. The molecule has 4 unspecified atom stereocenters. The Morgan fingerprint density at radius 2 is 2.11 bits per heavy atom. The summed E-state index contributed by atoms with van der Waals surface area (Å²) in [5.41, 5.74) is 6.08. The molecule has 0 amide bonds. The van der Waals surface area contributed by atoms with Gasteiger partial charge in [-0.25, -0.2) is 0 Å². The first-order valence-electron chi connectivity index (χ1n) is 7.58. The molecule has 18 heavy (non-hydrogen) atoms. The fourth-order valence-corrected chi connectivity index (χ4v) is 3.64. The molecule has 2 N–H and O–H groups in total. The highest BCUT2D eigenvalue weighted by molar-refractivity contribution is 4.86. The van der Waals surface area contributed by atoms with Crippen LogP contribution in [-0.2, 0) is 4.74 Å². The van der Waals surface area contributed by atoms with Gasteiger partial charge in [0, 0.05) is 25.7 Å². The highest BCUT2D eigenvalue weighted by atomic mass is 16.5. The first-order chi connectivity index (χ1) is 8.63. The van der Waals surface area contributed by atoms with E-state index in [9.17, 15) is 0 Å². The van der Waals surface area contributed by atoms with E-state index in [2.05, 4.69) is 25.7 Å². The van der Waals surface area contributed by atoms with Crippen LogP contribution in [0.2, 0.25) is 0 Å². The molecule has 108 valence electrons. The normalized spacial score (nSPS) is 28.3. The van der Waals surface area contributed by atoms with E-state index in [1.165, 1.54) is 25.7 Å². The van der Waals surface area contributed by atoms with E-state index in [0.717, 1.165) is 31.5 Å². The van der Waals surface area contributed by atoms with Crippen LogP contribution in [0.3, 0.4) is 0 Å². The summed E-state index contributed by atoms with van der Waals surface area (Å²) in [5.74, 6) is 1.65. The second kappa shape index (κ2) is 8.13. The maximum absolute atomic E-state index is 6.08. The third-order valence-corrected chi connectivity index (χ3v) is 4.53. The Balaban J connectivity index is 2.66. The zero-order valence-corrected chi connectivity index (χ0v) is 12.7. The molecule has 1 rings (SSSR count). The van der Waals surface area contributed by atoms with Gasteiger partial charge in [-0.3, -0.25) is 4.90 Å². The summed E-state index contributed by atoms with van der Waals surface area (Å²) in [7, 11) is 1.78. The summed E-state index contributed by atoms with van der Waals surface area (Å²) < 4.78 is 5.31. The number of methoxy groups -OCH3 is 1. The second-order valence-electron chi connectivity index (χ2n) is 5.97. The fraction of sp³-hybridized carbons (Fsp3) is 1.00. The summed E-state index contributed by atoms with van der Waals surface area (Å²) in [6.45, 7) is 9.51. The molecule has 4 atom stereocenters. The van der Waals surface area contributed by atoms with Crippen molar-refractivity contribution in [3.05, 3.63) is 0 Å². The van der Waals surface area contributed by atoms with Crippen molar-refractivity contribution in [3.8, 4) is 0 Å². The van der Waals surface area contributed by atoms with Gasteiger partial charge in [0.05, 0.1) is 6.61 Å². The van der Waals surface area contributed by atoms with Crippen LogP contribution in [0, 0.1) is 11.8 Å². The zero-order chi connectivity index (χ0) is 13.5. The van der Waals surface area contributed by atoms with Gasteiger partial charge in [-0.05, 0) is 38.1 Å². The maximum atomic E-state index is 6.08. The SMILES string of the molecule is CCN(C(C)COC)C(CN)C1CCCC(C)C1. The van der Waals surface area contributed by atoms with Crippen molar-refractivity contribution in [2.24, 2.45) is 17.6 Å². The number of hydrogen-bond donors (Lipinski definition) is 1. The first kappa shape index (κ1) is 15.9. The molecule has 1 saturated carbocycles. The standard InChI is InChI=1S/C15H32N2O/c1-5-17(13(3)11-18-4)15(10-16)14-8-6-7-12(2)9-14/h12-15H,5-11,16H2,1-4H3. The molecule has 0 heterocycles. The molecule has 0 saturated heterocycles. The lowest BCUT2D eigenvalue weighted by Crippen LogP contribution is -2.51. The summed E-state index contributed by atoms with van der Waals surface area (Å²) in [6.07, 6.45) is 5.46. The molecular weight excluding hydrogens is 224 g/mol. The summed E-state index contributed by atoms with van der Waals surface area (Å²) in [4.78, 5) is 2.55. The summed E-state index contributed by atoms with van der Waals surface area (Å²) in [5, 5.41) is 0. The Labute approximate surface area is 113 Å². The van der Waals surface area contributed by atoms with E-state index in [0.29, 0.717) is 12.1 Å². The van der Waals surface area contributed by atoms with Gasteiger partial charge in [-0.15, -0.1) is 0 Å². The van der Waals surface area contributed by atoms with Crippen LogP contribution in [0.15, 0.2) is 0 Å². The minimum atomic E-state index is 0.464. The lowest BCUT2D eigenvalue weighted by molar-refractivity contribution is 0.0400. The minimum Gasteiger partial charge on any atom is -0.383 e. The average Bonchev–Trinajstić information content (AvgIpc) is 2.35. The fourth-order valence-electron chi connectivity index (χ4n) is 3.64. The first-order valence-corrected chi connectivity index (χ1v) is 7.58. The van der Waals surface area contributed by atoms with Gasteiger partial charge >= 0.3 is 0 Å². The summed E-state index contributed by atoms with van der Waals surface area (Å²) in [6, 6.07) is 0.994. The van der Waals surface area contributed by atoms with Crippen LogP contribution in [0.4, 0.5) is 0 Å². The van der Waals surface area contributed by atoms with E-state index in [4.69, 9.17) is 10.5 Å². The van der Waals surface area contributed by atoms with Gasteiger partial charge < -0.3 is 10.5 Å². The maximum Gasteiger partial charge on any atom is 0.0615 e. The minimum absolute atomic E-state index is 0.464. The average molecular weight is 256 g/mol. The number of ether oxygens (including phenoxy) is 1. The predicted octanol–water partition coefficient (Wildman–Crippen LogP) is 2.50. The van der Waals surface area contributed by atoms with Crippen LogP contribution in [0.1, 0.15) is 46.5 Å². The van der Waals surface area contributed by atoms with Crippen molar-refractivity contribution in [2.75, 3.05) is 26.8 Å². The highest BCUT2D eigenvalue weighted by Gasteiger charge is 2.31. The van der Waals surface area contributed by atoms with Gasteiger partial charge in [0.2, 0.25) is 0 Å². The number of rotatable bonds is 7. The van der Waals surface area contributed by atoms with Crippen molar-refractivity contribution < 1.29 is 4.74 Å². The third kappa shape index (κ3) is 4.22. The van der Waals surface area contributed by atoms with Crippen LogP contribution >= 0.6 is 0 Å². The molecule has 1 fully saturated rings. The van der Waals surface area contributed by atoms with E-state index >= 15 is 0 Å². The number of nitrogens with two attached hydrogens (primary N) is 1. The Bertz CT molecular complexity index is 223. The molecule has 0 spiro atoms. The van der Waals surface area contributed by atoms with Crippen LogP contribution in [0.25, 0.3) is 0 Å². The molecular formula is C15H32N2O. The largest absolute Gasteiger partial charge is 0.383 e. The van der Waals surface area contributed by atoms with Crippen molar-refractivity contribution in [1.82, 2.24) is 4.90 Å². The Hall–Kier alpha value is -0.120. The van der Waals surface area contributed by atoms with Crippen molar-refractivity contribution in [1.29, 1.82) is 0 Å². The molecule has 1 aliphatic rings. The second-order valence-corrected chi connectivity index (χ2v) is 5.97. The molecule has 1 aliphatic carbocycles. The number of nitrogens with zero attached hydrogens (tertiary/aromatic N) is 1. The van der Waals surface area contributed by atoms with E-state index < -0.39 is 0 Å². The molecule has 0 aliphatic heterocycles. The summed E-state index contributed by atoms with van der Waals surface area (Å²) >= 11 is 0. The molecule has 0 radical (unpaired) electrons. The predicted molar refractivity (Wildman–Crippen MR) is 77.7 cm³/mol. The quantitative estimate of drug-likeness (QED) is 0.760. The molecule has 0 bridgehead atoms. The smallest absolute Gasteiger partial charge is 0.0615 e. The third-order valence-electron chi connectivity index (χ3n) is 4.53. The van der Waals surface area contributed by atoms with Crippen LogP contribution < -0.4 is 5.73 Å². The van der Waals surface area contributed by atoms with Gasteiger partial charge in [-0.2, -0.15) is 0 Å². The molecule has 3 heteroatoms. The van der Waals surface area contributed by atoms with Crippen molar-refractivity contribution in [3.63, 3.8) is 0 Å². The molecule has 0 aromatic carbocycles. The Morgan fingerprint density at radius 3 is 2.61 bits per heavy atom. The molecule has 0 aromatic rings. The van der Waals surface area contributed by atoms with Crippen molar-refractivity contribution in [2.45, 2.75) is 58.5 Å². The zero-order valence-electron chi connectivity index (χ0n) is 12.7. The van der Waals surface area contributed by atoms with Gasteiger partial charge in [0.15, 0.2) is 0 Å². The monoisotopic (exact) mass is 256 g/mol. The molecule has 3 nitrogen and oxygen atoms in total. The van der Waals surface area contributed by atoms with Crippen molar-refractivity contribution >= 4 is 0 Å². The van der Waals surface area contributed by atoms with E-state index in [-0.39, 0.29) is 0 Å². The highest BCUT2D eigenvalue weighted by Crippen LogP contribution is 2.33. The van der Waals surface area contributed by atoms with Gasteiger partial charge in [0.25, 0.3) is 0 Å². The van der Waals surface area contributed by atoms with Gasteiger partial charge in [0.1, 0.15) is 0 Å². The Morgan fingerprint density at radius 1 is 1.39 bits per heavy atom. The topological polar surface area (TPSA) is 38.5 Å². The van der Waals surface area contributed by atoms with E-state index in [1.54, 1.807) is 7.11 Å².